The van der Waals surface area contributed by atoms with Crippen LogP contribution in [0.1, 0.15) is 44.9 Å². The van der Waals surface area contributed by atoms with Crippen LogP contribution in [-0.2, 0) is 4.79 Å². The summed E-state index contributed by atoms with van der Waals surface area (Å²) in [5.41, 5.74) is 0.910. The second-order valence-electron chi connectivity index (χ2n) is 6.04. The average molecular weight is 272 g/mol. The number of para-hydroxylation sites is 1. The molecule has 1 atom stereocenters. The van der Waals surface area contributed by atoms with Crippen LogP contribution in [0.4, 0.5) is 5.69 Å². The van der Waals surface area contributed by atoms with Crippen LogP contribution in [0.25, 0.3) is 0 Å². The lowest BCUT2D eigenvalue weighted by atomic mass is 9.93. The van der Waals surface area contributed by atoms with Gasteiger partial charge in [-0.3, -0.25) is 9.69 Å². The van der Waals surface area contributed by atoms with Gasteiger partial charge in [-0.15, -0.1) is 0 Å². The van der Waals surface area contributed by atoms with Crippen LogP contribution in [0.5, 0.6) is 0 Å². The highest BCUT2D eigenvalue weighted by atomic mass is 16.2. The maximum atomic E-state index is 12.5. The lowest BCUT2D eigenvalue weighted by Crippen LogP contribution is -2.46. The molecule has 0 aromatic heterocycles. The number of carbonyl (C=O) groups is 1. The van der Waals surface area contributed by atoms with Gasteiger partial charge in [0.15, 0.2) is 0 Å². The first-order valence-corrected chi connectivity index (χ1v) is 7.96. The van der Waals surface area contributed by atoms with Crippen molar-refractivity contribution in [3.05, 3.63) is 30.3 Å². The third-order valence-corrected chi connectivity index (χ3v) is 4.68. The zero-order chi connectivity index (χ0) is 13.8. The summed E-state index contributed by atoms with van der Waals surface area (Å²) in [7, 11) is 0. The zero-order valence-electron chi connectivity index (χ0n) is 12.1. The minimum atomic E-state index is 0.0818. The van der Waals surface area contributed by atoms with Gasteiger partial charge in [-0.1, -0.05) is 37.5 Å². The van der Waals surface area contributed by atoms with Gasteiger partial charge >= 0.3 is 0 Å². The second-order valence-corrected chi connectivity index (χ2v) is 6.04. The number of nitrogens with zero attached hydrogens (tertiary/aromatic N) is 1. The minimum absolute atomic E-state index is 0.0818. The van der Waals surface area contributed by atoms with E-state index < -0.39 is 0 Å². The fourth-order valence-corrected chi connectivity index (χ4v) is 3.67. The van der Waals surface area contributed by atoms with E-state index in [1.54, 1.807) is 0 Å². The number of hydrogen-bond donors (Lipinski definition) is 1. The highest BCUT2D eigenvalue weighted by molar-refractivity contribution is 5.95. The summed E-state index contributed by atoms with van der Waals surface area (Å²) in [5, 5.41) is 3.07. The van der Waals surface area contributed by atoms with E-state index in [1.807, 2.05) is 30.3 Å². The smallest absolute Gasteiger partial charge is 0.241 e. The van der Waals surface area contributed by atoms with E-state index >= 15 is 0 Å². The largest absolute Gasteiger partial charge is 0.325 e. The van der Waals surface area contributed by atoms with E-state index in [0.717, 1.165) is 25.1 Å². The summed E-state index contributed by atoms with van der Waals surface area (Å²) in [4.78, 5) is 15.0. The van der Waals surface area contributed by atoms with Gasteiger partial charge in [0.1, 0.15) is 0 Å². The number of benzene rings is 1. The molecule has 1 amide bonds. The fraction of sp³-hybridized carbons (Fsp3) is 0.588. The predicted molar refractivity (Wildman–Crippen MR) is 81.7 cm³/mol. The van der Waals surface area contributed by atoms with E-state index in [0.29, 0.717) is 6.04 Å². The standard InChI is InChI=1S/C17H24N2O/c20-17(18-14-8-3-1-4-9-14)16-12-7-13-19(16)15-10-5-2-6-11-15/h1,3-4,8-9,15-16H,2,5-7,10-13H2,(H,18,20)/t16-/m1/s1. The molecular weight excluding hydrogens is 248 g/mol. The predicted octanol–water partition coefficient (Wildman–Crippen LogP) is 3.42. The third-order valence-electron chi connectivity index (χ3n) is 4.68. The van der Waals surface area contributed by atoms with Gasteiger partial charge in [-0.2, -0.15) is 0 Å². The SMILES string of the molecule is O=C(Nc1ccccc1)[C@H]1CCCN1C1CCCCC1. The fourth-order valence-electron chi connectivity index (χ4n) is 3.67. The van der Waals surface area contributed by atoms with Gasteiger partial charge in [0.05, 0.1) is 6.04 Å². The molecule has 1 saturated carbocycles. The highest BCUT2D eigenvalue weighted by Gasteiger charge is 2.35. The van der Waals surface area contributed by atoms with Crippen molar-refractivity contribution < 1.29 is 4.79 Å². The molecule has 1 aromatic rings. The molecule has 0 radical (unpaired) electrons. The van der Waals surface area contributed by atoms with Crippen molar-refractivity contribution in [2.45, 2.75) is 57.0 Å². The number of likely N-dealkylation sites (tertiary alicyclic amines) is 1. The van der Waals surface area contributed by atoms with Gasteiger partial charge in [0, 0.05) is 11.7 Å². The summed E-state index contributed by atoms with van der Waals surface area (Å²) >= 11 is 0. The van der Waals surface area contributed by atoms with Gasteiger partial charge < -0.3 is 5.32 Å². The number of nitrogens with one attached hydrogen (secondary N) is 1. The molecule has 1 saturated heterocycles. The van der Waals surface area contributed by atoms with Crippen LogP contribution in [0.3, 0.4) is 0 Å². The van der Waals surface area contributed by atoms with Crippen molar-refractivity contribution >= 4 is 11.6 Å². The summed E-state index contributed by atoms with van der Waals surface area (Å²) in [6, 6.07) is 10.5. The van der Waals surface area contributed by atoms with Crippen LogP contribution in [0.2, 0.25) is 0 Å². The Kier molecular flexibility index (Phi) is 4.36. The topological polar surface area (TPSA) is 32.3 Å². The molecule has 3 rings (SSSR count). The number of amides is 1. The Labute approximate surface area is 121 Å². The molecule has 108 valence electrons. The number of carbonyl (C=O) groups excluding carboxylic acids is 1. The number of anilines is 1. The molecule has 3 heteroatoms. The van der Waals surface area contributed by atoms with E-state index in [1.165, 1.54) is 32.1 Å². The van der Waals surface area contributed by atoms with Crippen LogP contribution >= 0.6 is 0 Å². The lowest BCUT2D eigenvalue weighted by Gasteiger charge is -2.34. The Morgan fingerprint density at radius 2 is 1.75 bits per heavy atom. The quantitative estimate of drug-likeness (QED) is 0.914. The van der Waals surface area contributed by atoms with Crippen LogP contribution in [0, 0.1) is 0 Å². The molecular formula is C17H24N2O. The first kappa shape index (κ1) is 13.6. The van der Waals surface area contributed by atoms with Crippen molar-refractivity contribution in [3.63, 3.8) is 0 Å². The van der Waals surface area contributed by atoms with E-state index in [-0.39, 0.29) is 11.9 Å². The average Bonchev–Trinajstić information content (AvgIpc) is 2.99. The number of rotatable bonds is 3. The highest BCUT2D eigenvalue weighted by Crippen LogP contribution is 2.29. The molecule has 1 aliphatic heterocycles. The number of hydrogen-bond acceptors (Lipinski definition) is 2. The molecule has 1 N–H and O–H groups in total. The minimum Gasteiger partial charge on any atom is -0.325 e. The summed E-state index contributed by atoms with van der Waals surface area (Å²) in [6.07, 6.45) is 8.73. The van der Waals surface area contributed by atoms with Gasteiger partial charge in [-0.05, 0) is 44.4 Å². The first-order chi connectivity index (χ1) is 9.84. The first-order valence-electron chi connectivity index (χ1n) is 7.96. The maximum absolute atomic E-state index is 12.5. The molecule has 3 nitrogen and oxygen atoms in total. The Morgan fingerprint density at radius 1 is 1.00 bits per heavy atom. The van der Waals surface area contributed by atoms with Crippen LogP contribution in [-0.4, -0.2) is 29.4 Å². The molecule has 0 bridgehead atoms. The third kappa shape index (κ3) is 3.04. The van der Waals surface area contributed by atoms with Gasteiger partial charge in [0.2, 0.25) is 5.91 Å². The van der Waals surface area contributed by atoms with Crippen molar-refractivity contribution in [3.8, 4) is 0 Å². The zero-order valence-corrected chi connectivity index (χ0v) is 12.1. The maximum Gasteiger partial charge on any atom is 0.241 e. The lowest BCUT2D eigenvalue weighted by molar-refractivity contribution is -0.121. The molecule has 0 spiro atoms. The monoisotopic (exact) mass is 272 g/mol. The summed E-state index contributed by atoms with van der Waals surface area (Å²) < 4.78 is 0. The summed E-state index contributed by atoms with van der Waals surface area (Å²) in [6.45, 7) is 1.09. The van der Waals surface area contributed by atoms with Crippen molar-refractivity contribution in [2.24, 2.45) is 0 Å². The Balaban J connectivity index is 1.64. The molecule has 2 fully saturated rings. The Bertz CT molecular complexity index is 440. The Hall–Kier alpha value is -1.35. The molecule has 2 aliphatic rings. The van der Waals surface area contributed by atoms with E-state index in [4.69, 9.17) is 0 Å². The van der Waals surface area contributed by atoms with Crippen molar-refractivity contribution in [1.82, 2.24) is 4.90 Å². The van der Waals surface area contributed by atoms with Gasteiger partial charge in [-0.25, -0.2) is 0 Å². The van der Waals surface area contributed by atoms with Gasteiger partial charge in [0.25, 0.3) is 0 Å². The van der Waals surface area contributed by atoms with E-state index in [2.05, 4.69) is 10.2 Å². The van der Waals surface area contributed by atoms with Crippen LogP contribution in [0.15, 0.2) is 30.3 Å². The van der Waals surface area contributed by atoms with Crippen LogP contribution < -0.4 is 5.32 Å². The van der Waals surface area contributed by atoms with Crippen molar-refractivity contribution in [1.29, 1.82) is 0 Å². The van der Waals surface area contributed by atoms with Crippen molar-refractivity contribution in [2.75, 3.05) is 11.9 Å². The molecule has 1 aromatic carbocycles. The molecule has 1 heterocycles. The van der Waals surface area contributed by atoms with E-state index in [9.17, 15) is 4.79 Å². The molecule has 20 heavy (non-hydrogen) atoms. The Morgan fingerprint density at radius 3 is 2.50 bits per heavy atom. The normalized spacial score (nSPS) is 24.7. The molecule has 1 aliphatic carbocycles. The summed E-state index contributed by atoms with van der Waals surface area (Å²) in [5.74, 6) is 0.180. The second kappa shape index (κ2) is 6.40. The molecule has 0 unspecified atom stereocenters.